The first kappa shape index (κ1) is 11.4. The molecule has 0 N–H and O–H groups in total. The van der Waals surface area contributed by atoms with E-state index in [1.807, 2.05) is 0 Å². The van der Waals surface area contributed by atoms with Crippen molar-refractivity contribution in [2.24, 2.45) is 0 Å². The molecule has 3 nitrogen and oxygen atoms in total. The van der Waals surface area contributed by atoms with Crippen LogP contribution < -0.4 is 0 Å². The SMILES string of the molecule is CS(=O)(=O)CCC(=O)C(F)(F)F. The molecule has 0 saturated heterocycles. The Kier molecular flexibility index (Phi) is 3.25. The smallest absolute Gasteiger partial charge is 0.290 e. The molecular formula is C5H7F3O3S. The molecule has 0 radical (unpaired) electrons. The molecule has 0 unspecified atom stereocenters. The summed E-state index contributed by atoms with van der Waals surface area (Å²) in [6.45, 7) is 0. The van der Waals surface area contributed by atoms with Crippen LogP contribution in [0.3, 0.4) is 0 Å². The van der Waals surface area contributed by atoms with Gasteiger partial charge in [-0.2, -0.15) is 13.2 Å². The van der Waals surface area contributed by atoms with Crippen molar-refractivity contribution in [3.05, 3.63) is 0 Å². The Morgan fingerprint density at radius 2 is 1.75 bits per heavy atom. The van der Waals surface area contributed by atoms with Crippen LogP contribution in [-0.4, -0.2) is 32.4 Å². The van der Waals surface area contributed by atoms with E-state index in [0.29, 0.717) is 0 Å². The van der Waals surface area contributed by atoms with Crippen molar-refractivity contribution in [3.8, 4) is 0 Å². The lowest BCUT2D eigenvalue weighted by atomic mass is 10.3. The number of rotatable bonds is 3. The van der Waals surface area contributed by atoms with E-state index in [-0.39, 0.29) is 0 Å². The van der Waals surface area contributed by atoms with Crippen molar-refractivity contribution in [1.82, 2.24) is 0 Å². The molecule has 0 aliphatic rings. The highest BCUT2D eigenvalue weighted by atomic mass is 32.2. The quantitative estimate of drug-likeness (QED) is 0.674. The molecule has 0 aliphatic heterocycles. The number of alkyl halides is 3. The topological polar surface area (TPSA) is 51.2 Å². The maximum absolute atomic E-state index is 11.5. The minimum absolute atomic E-state index is 0.759. The normalized spacial score (nSPS) is 13.0. The molecular weight excluding hydrogens is 197 g/mol. The van der Waals surface area contributed by atoms with Crippen LogP contribution in [0.25, 0.3) is 0 Å². The predicted molar refractivity (Wildman–Crippen MR) is 35.4 cm³/mol. The lowest BCUT2D eigenvalue weighted by molar-refractivity contribution is -0.170. The van der Waals surface area contributed by atoms with E-state index < -0.39 is 34.0 Å². The molecule has 0 rings (SSSR count). The van der Waals surface area contributed by atoms with Gasteiger partial charge >= 0.3 is 6.18 Å². The summed E-state index contributed by atoms with van der Waals surface area (Å²) in [5.41, 5.74) is 0. The van der Waals surface area contributed by atoms with Crippen molar-refractivity contribution >= 4 is 15.6 Å². The van der Waals surface area contributed by atoms with Gasteiger partial charge in [-0.05, 0) is 0 Å². The average Bonchev–Trinajstić information content (AvgIpc) is 1.78. The molecule has 12 heavy (non-hydrogen) atoms. The van der Waals surface area contributed by atoms with Gasteiger partial charge < -0.3 is 0 Å². The van der Waals surface area contributed by atoms with Gasteiger partial charge in [0.1, 0.15) is 9.84 Å². The predicted octanol–water partition coefficient (Wildman–Crippen LogP) is 0.553. The van der Waals surface area contributed by atoms with Crippen LogP contribution >= 0.6 is 0 Å². The number of ketones is 1. The molecule has 0 aromatic carbocycles. The number of sulfone groups is 1. The molecule has 0 saturated carbocycles. The van der Waals surface area contributed by atoms with Gasteiger partial charge in [-0.25, -0.2) is 8.42 Å². The summed E-state index contributed by atoms with van der Waals surface area (Å²) in [7, 11) is -3.50. The summed E-state index contributed by atoms with van der Waals surface area (Å²) in [6, 6.07) is 0. The van der Waals surface area contributed by atoms with Gasteiger partial charge in [0, 0.05) is 12.7 Å². The van der Waals surface area contributed by atoms with E-state index in [1.165, 1.54) is 0 Å². The second kappa shape index (κ2) is 3.42. The minimum atomic E-state index is -4.93. The van der Waals surface area contributed by atoms with Crippen molar-refractivity contribution in [3.63, 3.8) is 0 Å². The summed E-state index contributed by atoms with van der Waals surface area (Å²) >= 11 is 0. The van der Waals surface area contributed by atoms with Gasteiger partial charge in [0.25, 0.3) is 0 Å². The van der Waals surface area contributed by atoms with E-state index in [1.54, 1.807) is 0 Å². The van der Waals surface area contributed by atoms with Crippen LogP contribution in [0.2, 0.25) is 0 Å². The number of hydrogen-bond donors (Lipinski definition) is 0. The Morgan fingerprint density at radius 3 is 2.00 bits per heavy atom. The van der Waals surface area contributed by atoms with Gasteiger partial charge in [0.15, 0.2) is 0 Å². The Hall–Kier alpha value is -0.590. The zero-order chi connectivity index (χ0) is 9.99. The van der Waals surface area contributed by atoms with Crippen molar-refractivity contribution < 1.29 is 26.4 Å². The number of halogens is 3. The van der Waals surface area contributed by atoms with Crippen molar-refractivity contribution in [2.45, 2.75) is 12.6 Å². The highest BCUT2D eigenvalue weighted by Crippen LogP contribution is 2.17. The Morgan fingerprint density at radius 1 is 1.33 bits per heavy atom. The molecule has 0 aliphatic carbocycles. The van der Waals surface area contributed by atoms with Gasteiger partial charge in [0.05, 0.1) is 5.75 Å². The third-order valence-corrected chi connectivity index (χ3v) is 1.96. The second-order valence-corrected chi connectivity index (χ2v) is 4.56. The number of Topliss-reactive ketones (excluding diaryl/α,β-unsaturated/α-hetero) is 1. The molecule has 72 valence electrons. The Bertz CT molecular complexity index is 264. The second-order valence-electron chi connectivity index (χ2n) is 2.30. The highest BCUT2D eigenvalue weighted by Gasteiger charge is 2.37. The summed E-state index contributed by atoms with van der Waals surface area (Å²) < 4.78 is 55.1. The number of carbonyl (C=O) groups is 1. The van der Waals surface area contributed by atoms with Crippen LogP contribution in [0.1, 0.15) is 6.42 Å². The third kappa shape index (κ3) is 5.11. The van der Waals surface area contributed by atoms with E-state index in [4.69, 9.17) is 0 Å². The number of hydrogen-bond acceptors (Lipinski definition) is 3. The fourth-order valence-electron chi connectivity index (χ4n) is 0.420. The van der Waals surface area contributed by atoms with Gasteiger partial charge in [-0.3, -0.25) is 4.79 Å². The molecule has 0 aromatic rings. The molecule has 0 bridgehead atoms. The number of carbonyl (C=O) groups excluding carboxylic acids is 1. The van der Waals surface area contributed by atoms with E-state index >= 15 is 0 Å². The van der Waals surface area contributed by atoms with Gasteiger partial charge in [-0.1, -0.05) is 0 Å². The average molecular weight is 204 g/mol. The zero-order valence-corrected chi connectivity index (χ0v) is 7.00. The summed E-state index contributed by atoms with van der Waals surface area (Å²) in [6.07, 6.45) is -5.15. The third-order valence-electron chi connectivity index (χ3n) is 1.02. The molecule has 0 atom stereocenters. The van der Waals surface area contributed by atoms with E-state index in [0.717, 1.165) is 6.26 Å². The van der Waals surface area contributed by atoms with E-state index in [2.05, 4.69) is 0 Å². The first-order valence-corrected chi connectivity index (χ1v) is 4.97. The van der Waals surface area contributed by atoms with Crippen LogP contribution in [-0.2, 0) is 14.6 Å². The maximum atomic E-state index is 11.5. The molecule has 0 spiro atoms. The van der Waals surface area contributed by atoms with Crippen LogP contribution in [0.15, 0.2) is 0 Å². The van der Waals surface area contributed by atoms with Crippen molar-refractivity contribution in [1.29, 1.82) is 0 Å². The fraction of sp³-hybridized carbons (Fsp3) is 0.800. The summed E-state index contributed by atoms with van der Waals surface area (Å²) in [5, 5.41) is 0. The van der Waals surface area contributed by atoms with Gasteiger partial charge in [-0.15, -0.1) is 0 Å². The molecule has 7 heteroatoms. The van der Waals surface area contributed by atoms with Crippen molar-refractivity contribution in [2.75, 3.05) is 12.0 Å². The zero-order valence-electron chi connectivity index (χ0n) is 6.18. The van der Waals surface area contributed by atoms with Gasteiger partial charge in [0.2, 0.25) is 5.78 Å². The lowest BCUT2D eigenvalue weighted by Crippen LogP contribution is -2.24. The largest absolute Gasteiger partial charge is 0.450 e. The molecule has 0 heterocycles. The summed E-state index contributed by atoms with van der Waals surface area (Å²) in [4.78, 5) is 10.1. The highest BCUT2D eigenvalue weighted by molar-refractivity contribution is 7.90. The monoisotopic (exact) mass is 204 g/mol. The molecule has 0 fully saturated rings. The Labute approximate surface area is 67.5 Å². The standard InChI is InChI=1S/C5H7F3O3S/c1-12(10,11)3-2-4(9)5(6,7)8/h2-3H2,1H3. The van der Waals surface area contributed by atoms with Crippen LogP contribution in [0.5, 0.6) is 0 Å². The Balaban J connectivity index is 4.07. The van der Waals surface area contributed by atoms with Crippen LogP contribution in [0.4, 0.5) is 13.2 Å². The fourth-order valence-corrected chi connectivity index (χ4v) is 0.976. The lowest BCUT2D eigenvalue weighted by Gasteiger charge is -2.02. The molecule has 0 amide bonds. The first-order valence-electron chi connectivity index (χ1n) is 2.90. The first-order chi connectivity index (χ1) is 5.13. The maximum Gasteiger partial charge on any atom is 0.450 e. The van der Waals surface area contributed by atoms with E-state index in [9.17, 15) is 26.4 Å². The van der Waals surface area contributed by atoms with Crippen LogP contribution in [0, 0.1) is 0 Å². The summed E-state index contributed by atoms with van der Waals surface area (Å²) in [5.74, 6) is -2.77. The molecule has 0 aromatic heterocycles. The minimum Gasteiger partial charge on any atom is -0.290 e.